The van der Waals surface area contributed by atoms with Crippen molar-refractivity contribution in [3.05, 3.63) is 29.3 Å². The average Bonchev–Trinajstić information content (AvgIpc) is 2.47. The Bertz CT molecular complexity index is 500. The minimum atomic E-state index is 0.0433. The normalized spacial score (nSPS) is 19.1. The Morgan fingerprint density at radius 2 is 2.00 bits per heavy atom. The summed E-state index contributed by atoms with van der Waals surface area (Å²) in [4.78, 5) is 12.4. The van der Waals surface area contributed by atoms with Crippen molar-refractivity contribution in [1.82, 2.24) is 5.32 Å². The number of amides is 1. The fourth-order valence-corrected chi connectivity index (χ4v) is 2.61. The van der Waals surface area contributed by atoms with Gasteiger partial charge in [-0.3, -0.25) is 4.79 Å². The Morgan fingerprint density at radius 1 is 1.30 bits per heavy atom. The summed E-state index contributed by atoms with van der Waals surface area (Å²) in [6.45, 7) is 11.7. The summed E-state index contributed by atoms with van der Waals surface area (Å²) >= 11 is 0. The molecule has 1 aliphatic heterocycles. The van der Waals surface area contributed by atoms with Gasteiger partial charge in [-0.15, -0.1) is 0 Å². The van der Waals surface area contributed by atoms with Crippen LogP contribution in [0.5, 0.6) is 0 Å². The predicted octanol–water partition coefficient (Wildman–Crippen LogP) is 3.55. The molecule has 2 rings (SSSR count). The van der Waals surface area contributed by atoms with Crippen molar-refractivity contribution in [2.24, 2.45) is 5.92 Å². The van der Waals surface area contributed by atoms with Crippen molar-refractivity contribution in [2.45, 2.75) is 52.5 Å². The number of anilines is 1. The van der Waals surface area contributed by atoms with Crippen LogP contribution in [-0.2, 0) is 5.41 Å². The second kappa shape index (κ2) is 5.47. The number of carbonyl (C=O) groups excluding carboxylic acids is 1. The van der Waals surface area contributed by atoms with Crippen molar-refractivity contribution in [1.29, 1.82) is 0 Å². The Hall–Kier alpha value is -1.51. The molecule has 3 heteroatoms. The molecule has 1 aromatic carbocycles. The molecule has 1 unspecified atom stereocenters. The number of nitrogens with one attached hydrogen (secondary N) is 2. The molecule has 0 saturated carbocycles. The van der Waals surface area contributed by atoms with E-state index in [1.54, 1.807) is 0 Å². The molecule has 0 aliphatic carbocycles. The predicted molar refractivity (Wildman–Crippen MR) is 84.3 cm³/mol. The standard InChI is InChI=1S/C17H26N2O/c1-11(2)8-13-10-18-15-7-6-12(17(3,4)5)9-14(15)16(20)19-13/h6-7,9,11,13,18H,8,10H2,1-5H3,(H,19,20). The average molecular weight is 274 g/mol. The molecule has 1 atom stereocenters. The molecular weight excluding hydrogens is 248 g/mol. The largest absolute Gasteiger partial charge is 0.382 e. The maximum Gasteiger partial charge on any atom is 0.253 e. The van der Waals surface area contributed by atoms with Crippen LogP contribution in [0.2, 0.25) is 0 Å². The van der Waals surface area contributed by atoms with Crippen LogP contribution in [0.3, 0.4) is 0 Å². The SMILES string of the molecule is CC(C)CC1CNc2ccc(C(C)(C)C)cc2C(=O)N1. The zero-order valence-corrected chi connectivity index (χ0v) is 13.2. The highest BCUT2D eigenvalue weighted by Crippen LogP contribution is 2.28. The number of rotatable bonds is 2. The lowest BCUT2D eigenvalue weighted by Gasteiger charge is -2.20. The summed E-state index contributed by atoms with van der Waals surface area (Å²) in [7, 11) is 0. The van der Waals surface area contributed by atoms with Gasteiger partial charge in [-0.1, -0.05) is 40.7 Å². The van der Waals surface area contributed by atoms with E-state index in [2.05, 4.69) is 51.3 Å². The van der Waals surface area contributed by atoms with E-state index in [0.29, 0.717) is 5.92 Å². The Labute approximate surface area is 122 Å². The molecule has 0 aromatic heterocycles. The molecule has 1 amide bonds. The van der Waals surface area contributed by atoms with Gasteiger partial charge in [0.25, 0.3) is 5.91 Å². The topological polar surface area (TPSA) is 41.1 Å². The highest BCUT2D eigenvalue weighted by molar-refractivity contribution is 6.00. The highest BCUT2D eigenvalue weighted by Gasteiger charge is 2.24. The van der Waals surface area contributed by atoms with Crippen LogP contribution in [0.1, 0.15) is 57.0 Å². The maximum absolute atomic E-state index is 12.4. The van der Waals surface area contributed by atoms with E-state index in [4.69, 9.17) is 0 Å². The highest BCUT2D eigenvalue weighted by atomic mass is 16.1. The van der Waals surface area contributed by atoms with Gasteiger partial charge in [0.05, 0.1) is 5.56 Å². The van der Waals surface area contributed by atoms with Gasteiger partial charge in [-0.25, -0.2) is 0 Å². The fraction of sp³-hybridized carbons (Fsp3) is 0.588. The van der Waals surface area contributed by atoms with Crippen LogP contribution < -0.4 is 10.6 Å². The minimum Gasteiger partial charge on any atom is -0.382 e. The Balaban J connectivity index is 2.27. The lowest BCUT2D eigenvalue weighted by Crippen LogP contribution is -2.38. The number of hydrogen-bond donors (Lipinski definition) is 2. The van der Waals surface area contributed by atoms with Crippen molar-refractivity contribution in [3.63, 3.8) is 0 Å². The van der Waals surface area contributed by atoms with Crippen molar-refractivity contribution < 1.29 is 4.79 Å². The van der Waals surface area contributed by atoms with E-state index in [9.17, 15) is 4.79 Å². The van der Waals surface area contributed by atoms with Gasteiger partial charge >= 0.3 is 0 Å². The molecule has 3 nitrogen and oxygen atoms in total. The molecule has 2 N–H and O–H groups in total. The van der Waals surface area contributed by atoms with Gasteiger partial charge in [-0.05, 0) is 35.4 Å². The first-order chi connectivity index (χ1) is 9.27. The third kappa shape index (κ3) is 3.33. The second-order valence-electron chi connectivity index (χ2n) is 7.19. The number of carbonyl (C=O) groups is 1. The molecule has 0 saturated heterocycles. The van der Waals surface area contributed by atoms with E-state index in [1.165, 1.54) is 5.56 Å². The van der Waals surface area contributed by atoms with E-state index < -0.39 is 0 Å². The van der Waals surface area contributed by atoms with Crippen molar-refractivity contribution >= 4 is 11.6 Å². The molecule has 20 heavy (non-hydrogen) atoms. The van der Waals surface area contributed by atoms with Crippen LogP contribution in [0.4, 0.5) is 5.69 Å². The van der Waals surface area contributed by atoms with Gasteiger partial charge in [0.1, 0.15) is 0 Å². The summed E-state index contributed by atoms with van der Waals surface area (Å²) < 4.78 is 0. The van der Waals surface area contributed by atoms with Gasteiger partial charge in [-0.2, -0.15) is 0 Å². The first kappa shape index (κ1) is 14.9. The van der Waals surface area contributed by atoms with Crippen LogP contribution in [0.15, 0.2) is 18.2 Å². The molecular formula is C17H26N2O. The molecule has 0 radical (unpaired) electrons. The van der Waals surface area contributed by atoms with Gasteiger partial charge < -0.3 is 10.6 Å². The molecule has 0 fully saturated rings. The first-order valence-corrected chi connectivity index (χ1v) is 7.46. The smallest absolute Gasteiger partial charge is 0.253 e. The molecule has 1 aromatic rings. The van der Waals surface area contributed by atoms with Crippen molar-refractivity contribution in [2.75, 3.05) is 11.9 Å². The molecule has 0 bridgehead atoms. The summed E-state index contributed by atoms with van der Waals surface area (Å²) in [5.41, 5.74) is 2.96. The summed E-state index contributed by atoms with van der Waals surface area (Å²) in [5.74, 6) is 0.621. The van der Waals surface area contributed by atoms with Crippen molar-refractivity contribution in [3.8, 4) is 0 Å². The quantitative estimate of drug-likeness (QED) is 0.866. The van der Waals surface area contributed by atoms with Gasteiger partial charge in [0.2, 0.25) is 0 Å². The zero-order chi connectivity index (χ0) is 14.9. The summed E-state index contributed by atoms with van der Waals surface area (Å²) in [6, 6.07) is 6.37. The lowest BCUT2D eigenvalue weighted by molar-refractivity contribution is 0.0938. The monoisotopic (exact) mass is 274 g/mol. The second-order valence-corrected chi connectivity index (χ2v) is 7.19. The van der Waals surface area contributed by atoms with Gasteiger partial charge in [0, 0.05) is 18.3 Å². The maximum atomic E-state index is 12.4. The number of hydrogen-bond acceptors (Lipinski definition) is 2. The summed E-state index contributed by atoms with van der Waals surface area (Å²) in [6.07, 6.45) is 0.999. The Kier molecular flexibility index (Phi) is 4.07. The zero-order valence-electron chi connectivity index (χ0n) is 13.2. The lowest BCUT2D eigenvalue weighted by atomic mass is 9.86. The molecule has 110 valence electrons. The number of fused-ring (bicyclic) bond motifs is 1. The van der Waals surface area contributed by atoms with E-state index in [0.717, 1.165) is 24.2 Å². The third-order valence-corrected chi connectivity index (χ3v) is 3.76. The fourth-order valence-electron chi connectivity index (χ4n) is 2.61. The van der Waals surface area contributed by atoms with Gasteiger partial charge in [0.15, 0.2) is 0 Å². The van der Waals surface area contributed by atoms with Crippen LogP contribution in [-0.4, -0.2) is 18.5 Å². The van der Waals surface area contributed by atoms with Crippen LogP contribution >= 0.6 is 0 Å². The van der Waals surface area contributed by atoms with E-state index >= 15 is 0 Å². The van der Waals surface area contributed by atoms with Crippen LogP contribution in [0.25, 0.3) is 0 Å². The number of benzene rings is 1. The van der Waals surface area contributed by atoms with Crippen LogP contribution in [0, 0.1) is 5.92 Å². The van der Waals surface area contributed by atoms with E-state index in [1.807, 2.05) is 12.1 Å². The molecule has 1 aliphatic rings. The molecule has 0 spiro atoms. The van der Waals surface area contributed by atoms with E-state index in [-0.39, 0.29) is 17.4 Å². The first-order valence-electron chi connectivity index (χ1n) is 7.46. The summed E-state index contributed by atoms with van der Waals surface area (Å²) in [5, 5.41) is 6.55. The third-order valence-electron chi connectivity index (χ3n) is 3.76. The Morgan fingerprint density at radius 3 is 2.60 bits per heavy atom. The minimum absolute atomic E-state index is 0.0433. The molecule has 1 heterocycles.